The highest BCUT2D eigenvalue weighted by Crippen LogP contribution is 2.36. The van der Waals surface area contributed by atoms with Crippen molar-refractivity contribution in [3.8, 4) is 5.75 Å². The van der Waals surface area contributed by atoms with Crippen molar-refractivity contribution >= 4 is 11.8 Å². The summed E-state index contributed by atoms with van der Waals surface area (Å²) in [6.07, 6.45) is 11.5. The Balaban J connectivity index is 1.25. The minimum absolute atomic E-state index is 0.0957. The van der Waals surface area contributed by atoms with Gasteiger partial charge in [-0.2, -0.15) is 0 Å². The molecule has 186 valence electrons. The zero-order valence-corrected chi connectivity index (χ0v) is 20.8. The number of unbranched alkanes of at least 4 members (excludes halogenated alkanes) is 1. The summed E-state index contributed by atoms with van der Waals surface area (Å²) in [6.45, 7) is 6.20. The van der Waals surface area contributed by atoms with E-state index in [0.717, 1.165) is 70.5 Å². The smallest absolute Gasteiger partial charge is 0.246 e. The number of likely N-dealkylation sites (tertiary alicyclic amines) is 1. The molecule has 1 aromatic carbocycles. The lowest BCUT2D eigenvalue weighted by molar-refractivity contribution is -0.162. The average Bonchev–Trinajstić information content (AvgIpc) is 3.32. The molecule has 34 heavy (non-hydrogen) atoms. The molecule has 5 rings (SSSR count). The van der Waals surface area contributed by atoms with Crippen molar-refractivity contribution in [2.24, 2.45) is 5.92 Å². The van der Waals surface area contributed by atoms with Gasteiger partial charge in [-0.1, -0.05) is 57.6 Å². The van der Waals surface area contributed by atoms with Crippen LogP contribution in [-0.4, -0.2) is 59.4 Å². The minimum Gasteiger partial charge on any atom is -0.493 e. The Morgan fingerprint density at radius 1 is 1.12 bits per heavy atom. The summed E-state index contributed by atoms with van der Waals surface area (Å²) in [4.78, 5) is 31.7. The van der Waals surface area contributed by atoms with Crippen LogP contribution in [0.15, 0.2) is 18.2 Å². The quantitative estimate of drug-likeness (QED) is 0.657. The molecule has 1 saturated carbocycles. The number of nitrogens with one attached hydrogen (secondary N) is 1. The first-order chi connectivity index (χ1) is 16.6. The van der Waals surface area contributed by atoms with Crippen LogP contribution in [0.1, 0.15) is 82.3 Å². The van der Waals surface area contributed by atoms with Crippen LogP contribution in [0.25, 0.3) is 0 Å². The van der Waals surface area contributed by atoms with E-state index in [2.05, 4.69) is 35.3 Å². The Morgan fingerprint density at radius 2 is 1.91 bits per heavy atom. The largest absolute Gasteiger partial charge is 0.493 e. The van der Waals surface area contributed by atoms with Crippen LogP contribution in [0.4, 0.5) is 0 Å². The van der Waals surface area contributed by atoms with E-state index in [1.54, 1.807) is 0 Å². The van der Waals surface area contributed by atoms with Gasteiger partial charge in [0, 0.05) is 32.6 Å². The maximum Gasteiger partial charge on any atom is 0.246 e. The van der Waals surface area contributed by atoms with Gasteiger partial charge in [0.2, 0.25) is 11.8 Å². The molecule has 3 aliphatic heterocycles. The Labute approximate surface area is 204 Å². The van der Waals surface area contributed by atoms with E-state index >= 15 is 0 Å². The number of ether oxygens (including phenoxy) is 1. The van der Waals surface area contributed by atoms with Crippen LogP contribution in [0, 0.1) is 5.92 Å². The van der Waals surface area contributed by atoms with E-state index in [0.29, 0.717) is 12.5 Å². The number of carbonyl (C=O) groups is 2. The SMILES string of the molecule is CCCCN1C(=O)[C@H](CC2CCCCC2)NC(=O)C12CCN(Cc1ccc3c(c1)CCO3)CC2. The number of piperidine rings is 1. The fourth-order valence-electron chi connectivity index (χ4n) is 6.61. The second-order valence-electron chi connectivity index (χ2n) is 11.0. The zero-order chi connectivity index (χ0) is 23.5. The van der Waals surface area contributed by atoms with E-state index in [1.165, 1.54) is 43.2 Å². The highest BCUT2D eigenvalue weighted by molar-refractivity contribution is 6.00. The van der Waals surface area contributed by atoms with E-state index in [9.17, 15) is 9.59 Å². The summed E-state index contributed by atoms with van der Waals surface area (Å²) >= 11 is 0. The molecule has 3 fully saturated rings. The molecule has 1 atom stereocenters. The number of carbonyl (C=O) groups excluding carboxylic acids is 2. The summed E-state index contributed by atoms with van der Waals surface area (Å²) in [7, 11) is 0. The normalized spacial score (nSPS) is 25.3. The van der Waals surface area contributed by atoms with Crippen LogP contribution in [0.3, 0.4) is 0 Å². The van der Waals surface area contributed by atoms with Gasteiger partial charge in [-0.05, 0) is 48.8 Å². The van der Waals surface area contributed by atoms with E-state index in [1.807, 2.05) is 4.90 Å². The summed E-state index contributed by atoms with van der Waals surface area (Å²) in [6, 6.07) is 6.20. The molecule has 6 heteroatoms. The van der Waals surface area contributed by atoms with Crippen molar-refractivity contribution < 1.29 is 14.3 Å². The maximum absolute atomic E-state index is 13.7. The van der Waals surface area contributed by atoms with E-state index < -0.39 is 5.54 Å². The number of hydrogen-bond donors (Lipinski definition) is 1. The molecule has 0 unspecified atom stereocenters. The lowest BCUT2D eigenvalue weighted by atomic mass is 9.79. The summed E-state index contributed by atoms with van der Waals surface area (Å²) in [5.41, 5.74) is 1.94. The number of fused-ring (bicyclic) bond motifs is 1. The van der Waals surface area contributed by atoms with Crippen LogP contribution in [0.2, 0.25) is 0 Å². The molecular formula is C28H41N3O3. The number of hydrogen-bond acceptors (Lipinski definition) is 4. The van der Waals surface area contributed by atoms with Crippen molar-refractivity contribution in [1.82, 2.24) is 15.1 Å². The first-order valence-electron chi connectivity index (χ1n) is 13.7. The fourth-order valence-corrected chi connectivity index (χ4v) is 6.61. The zero-order valence-electron chi connectivity index (χ0n) is 20.8. The molecular weight excluding hydrogens is 426 g/mol. The van der Waals surface area contributed by atoms with Crippen molar-refractivity contribution in [1.29, 1.82) is 0 Å². The van der Waals surface area contributed by atoms with Crippen LogP contribution in [-0.2, 0) is 22.6 Å². The number of amides is 2. The monoisotopic (exact) mass is 467 g/mol. The summed E-state index contributed by atoms with van der Waals surface area (Å²) in [5, 5.41) is 3.21. The van der Waals surface area contributed by atoms with Gasteiger partial charge in [0.1, 0.15) is 17.3 Å². The van der Waals surface area contributed by atoms with Gasteiger partial charge in [0.05, 0.1) is 6.61 Å². The second kappa shape index (κ2) is 10.3. The molecule has 1 N–H and O–H groups in total. The molecule has 1 aliphatic carbocycles. The highest BCUT2D eigenvalue weighted by atomic mass is 16.5. The van der Waals surface area contributed by atoms with Crippen molar-refractivity contribution in [3.05, 3.63) is 29.3 Å². The summed E-state index contributed by atoms with van der Waals surface area (Å²) < 4.78 is 5.65. The Kier molecular flexibility index (Phi) is 7.14. The van der Waals surface area contributed by atoms with Crippen LogP contribution < -0.4 is 10.1 Å². The molecule has 3 heterocycles. The van der Waals surface area contributed by atoms with E-state index in [-0.39, 0.29) is 17.9 Å². The van der Waals surface area contributed by atoms with Crippen molar-refractivity contribution in [3.63, 3.8) is 0 Å². The molecule has 0 bridgehead atoms. The van der Waals surface area contributed by atoms with Gasteiger partial charge in [-0.25, -0.2) is 0 Å². The van der Waals surface area contributed by atoms with Gasteiger partial charge >= 0.3 is 0 Å². The van der Waals surface area contributed by atoms with E-state index in [4.69, 9.17) is 4.74 Å². The first-order valence-corrected chi connectivity index (χ1v) is 13.7. The third-order valence-electron chi connectivity index (χ3n) is 8.68. The van der Waals surface area contributed by atoms with Crippen LogP contribution >= 0.6 is 0 Å². The van der Waals surface area contributed by atoms with Gasteiger partial charge in [0.15, 0.2) is 0 Å². The van der Waals surface area contributed by atoms with Gasteiger partial charge in [-0.3, -0.25) is 14.5 Å². The molecule has 0 radical (unpaired) electrons. The fraction of sp³-hybridized carbons (Fsp3) is 0.714. The number of nitrogens with zero attached hydrogens (tertiary/aromatic N) is 2. The van der Waals surface area contributed by atoms with Gasteiger partial charge < -0.3 is 15.0 Å². The first kappa shape index (κ1) is 23.7. The molecule has 0 aromatic heterocycles. The predicted octanol–water partition coefficient (Wildman–Crippen LogP) is 4.05. The third-order valence-corrected chi connectivity index (χ3v) is 8.68. The standard InChI is InChI=1S/C28H41N3O3/c1-2-3-14-31-26(32)24(19-21-7-5-4-6-8-21)29-27(33)28(31)12-15-30(16-13-28)20-22-9-10-25-23(18-22)11-17-34-25/h9-10,18,21,24H,2-8,11-17,19-20H2,1H3,(H,29,33)/t24-/m0/s1. The third kappa shape index (κ3) is 4.71. The Morgan fingerprint density at radius 3 is 2.68 bits per heavy atom. The average molecular weight is 468 g/mol. The van der Waals surface area contributed by atoms with Crippen molar-refractivity contribution in [2.75, 3.05) is 26.2 Å². The van der Waals surface area contributed by atoms with Gasteiger partial charge in [0.25, 0.3) is 0 Å². The number of benzene rings is 1. The van der Waals surface area contributed by atoms with Crippen molar-refractivity contribution in [2.45, 2.75) is 95.7 Å². The topological polar surface area (TPSA) is 61.9 Å². The Bertz CT molecular complexity index is 887. The highest BCUT2D eigenvalue weighted by Gasteiger charge is 2.53. The number of rotatable bonds is 7. The molecule has 2 saturated heterocycles. The molecule has 4 aliphatic rings. The lowest BCUT2D eigenvalue weighted by Crippen LogP contribution is -2.73. The lowest BCUT2D eigenvalue weighted by Gasteiger charge is -2.52. The molecule has 6 nitrogen and oxygen atoms in total. The van der Waals surface area contributed by atoms with Gasteiger partial charge in [-0.15, -0.1) is 0 Å². The van der Waals surface area contributed by atoms with Crippen LogP contribution in [0.5, 0.6) is 5.75 Å². The Hall–Kier alpha value is -2.08. The molecule has 2 amide bonds. The minimum atomic E-state index is -0.669. The maximum atomic E-state index is 13.7. The summed E-state index contributed by atoms with van der Waals surface area (Å²) in [5.74, 6) is 1.86. The molecule has 1 spiro atoms. The molecule has 1 aromatic rings. The second-order valence-corrected chi connectivity index (χ2v) is 11.0. The number of piperazine rings is 1. The predicted molar refractivity (Wildman–Crippen MR) is 133 cm³/mol.